The summed E-state index contributed by atoms with van der Waals surface area (Å²) in [4.78, 5) is 35.4. The quantitative estimate of drug-likeness (QED) is 0.933. The first-order valence-electron chi connectivity index (χ1n) is 7.76. The van der Waals surface area contributed by atoms with Crippen LogP contribution in [0.15, 0.2) is 30.5 Å². The van der Waals surface area contributed by atoms with E-state index in [9.17, 15) is 9.59 Å². The van der Waals surface area contributed by atoms with Gasteiger partial charge in [-0.1, -0.05) is 13.0 Å². The van der Waals surface area contributed by atoms with Gasteiger partial charge in [0.05, 0.1) is 0 Å². The second-order valence-corrected chi connectivity index (χ2v) is 5.56. The molecule has 7 nitrogen and oxygen atoms in total. The molecule has 2 aromatic rings. The number of amides is 2. The molecule has 3 rings (SSSR count). The number of carbonyl (C=O) groups is 2. The SMILES string of the molecule is CCc1c(C)ccnc1N1CCN(c2cccc(C(=O)O)n2)C1=O. The number of anilines is 2. The summed E-state index contributed by atoms with van der Waals surface area (Å²) < 4.78 is 0. The first-order valence-corrected chi connectivity index (χ1v) is 7.76. The molecule has 1 aliphatic heterocycles. The number of carboxylic acid groups (broad SMARTS) is 1. The van der Waals surface area contributed by atoms with Crippen LogP contribution in [0.5, 0.6) is 0 Å². The largest absolute Gasteiger partial charge is 0.477 e. The van der Waals surface area contributed by atoms with Crippen LogP contribution in [0, 0.1) is 6.92 Å². The lowest BCUT2D eigenvalue weighted by molar-refractivity contribution is 0.0690. The molecule has 0 spiro atoms. The van der Waals surface area contributed by atoms with E-state index in [1.165, 1.54) is 11.0 Å². The number of hydrogen-bond donors (Lipinski definition) is 1. The van der Waals surface area contributed by atoms with E-state index < -0.39 is 5.97 Å². The maximum atomic E-state index is 12.8. The lowest BCUT2D eigenvalue weighted by Crippen LogP contribution is -2.33. The summed E-state index contributed by atoms with van der Waals surface area (Å²) in [6.45, 7) is 4.96. The third kappa shape index (κ3) is 2.68. The maximum absolute atomic E-state index is 12.8. The summed E-state index contributed by atoms with van der Waals surface area (Å²) >= 11 is 0. The van der Waals surface area contributed by atoms with Crippen LogP contribution in [0.1, 0.15) is 28.5 Å². The number of pyridine rings is 2. The van der Waals surface area contributed by atoms with E-state index in [-0.39, 0.29) is 11.7 Å². The first-order chi connectivity index (χ1) is 11.5. The van der Waals surface area contributed by atoms with Crippen LogP contribution in [-0.4, -0.2) is 40.2 Å². The molecule has 1 N–H and O–H groups in total. The van der Waals surface area contributed by atoms with Crippen LogP contribution in [0.2, 0.25) is 0 Å². The molecule has 124 valence electrons. The Morgan fingerprint density at radius 3 is 2.71 bits per heavy atom. The number of carbonyl (C=O) groups excluding carboxylic acids is 1. The molecule has 2 aromatic heterocycles. The van der Waals surface area contributed by atoms with Gasteiger partial charge < -0.3 is 5.11 Å². The fourth-order valence-electron chi connectivity index (χ4n) is 2.88. The minimum Gasteiger partial charge on any atom is -0.477 e. The Morgan fingerprint density at radius 1 is 1.25 bits per heavy atom. The van der Waals surface area contributed by atoms with E-state index in [1.54, 1.807) is 23.2 Å². The molecule has 0 atom stereocenters. The molecule has 24 heavy (non-hydrogen) atoms. The van der Waals surface area contributed by atoms with Crippen LogP contribution in [-0.2, 0) is 6.42 Å². The molecular formula is C17H18N4O3. The van der Waals surface area contributed by atoms with Crippen molar-refractivity contribution in [1.29, 1.82) is 0 Å². The van der Waals surface area contributed by atoms with E-state index in [2.05, 4.69) is 9.97 Å². The molecule has 0 aromatic carbocycles. The van der Waals surface area contributed by atoms with E-state index in [0.29, 0.717) is 24.7 Å². The summed E-state index contributed by atoms with van der Waals surface area (Å²) in [5.41, 5.74) is 2.06. The van der Waals surface area contributed by atoms with Gasteiger partial charge in [0.1, 0.15) is 11.6 Å². The highest BCUT2D eigenvalue weighted by Crippen LogP contribution is 2.27. The van der Waals surface area contributed by atoms with Gasteiger partial charge in [0.2, 0.25) is 0 Å². The molecule has 7 heteroatoms. The van der Waals surface area contributed by atoms with Crippen molar-refractivity contribution in [3.63, 3.8) is 0 Å². The van der Waals surface area contributed by atoms with Gasteiger partial charge in [-0.3, -0.25) is 9.80 Å². The number of urea groups is 1. The predicted molar refractivity (Wildman–Crippen MR) is 89.6 cm³/mol. The van der Waals surface area contributed by atoms with Crippen molar-refractivity contribution in [2.24, 2.45) is 0 Å². The smallest absolute Gasteiger partial charge is 0.354 e. The standard InChI is InChI=1S/C17H18N4O3/c1-3-12-11(2)7-8-18-15(12)21-10-9-20(17(21)24)14-6-4-5-13(19-14)16(22)23/h4-8H,3,9-10H2,1-2H3,(H,22,23). The Hall–Kier alpha value is -2.96. The van der Waals surface area contributed by atoms with Gasteiger partial charge in [0, 0.05) is 19.3 Å². The summed E-state index contributed by atoms with van der Waals surface area (Å²) in [6.07, 6.45) is 2.48. The molecule has 0 aliphatic carbocycles. The fraction of sp³-hybridized carbons (Fsp3) is 0.294. The van der Waals surface area contributed by atoms with Gasteiger partial charge in [-0.2, -0.15) is 0 Å². The molecule has 2 amide bonds. The molecule has 0 saturated carbocycles. The van der Waals surface area contributed by atoms with E-state index in [1.807, 2.05) is 19.9 Å². The Bertz CT molecular complexity index is 806. The molecule has 3 heterocycles. The highest BCUT2D eigenvalue weighted by molar-refractivity contribution is 6.05. The topological polar surface area (TPSA) is 86.6 Å². The van der Waals surface area contributed by atoms with Crippen LogP contribution in [0.4, 0.5) is 16.4 Å². The average Bonchev–Trinajstić information content (AvgIpc) is 2.96. The maximum Gasteiger partial charge on any atom is 0.354 e. The van der Waals surface area contributed by atoms with Crippen LogP contribution in [0.3, 0.4) is 0 Å². The van der Waals surface area contributed by atoms with Crippen LogP contribution < -0.4 is 9.80 Å². The number of aromatic carboxylic acids is 1. The summed E-state index contributed by atoms with van der Waals surface area (Å²) in [5, 5.41) is 9.06. The second kappa shape index (κ2) is 6.27. The molecule has 0 radical (unpaired) electrons. The van der Waals surface area contributed by atoms with E-state index in [0.717, 1.165) is 17.5 Å². The van der Waals surface area contributed by atoms with Crippen molar-refractivity contribution >= 4 is 23.6 Å². The Balaban J connectivity index is 1.92. The van der Waals surface area contributed by atoms with Crippen molar-refractivity contribution in [2.45, 2.75) is 20.3 Å². The monoisotopic (exact) mass is 326 g/mol. The normalized spacial score (nSPS) is 14.3. The van der Waals surface area contributed by atoms with E-state index in [4.69, 9.17) is 5.11 Å². The third-order valence-electron chi connectivity index (χ3n) is 4.12. The third-order valence-corrected chi connectivity index (χ3v) is 4.12. The zero-order valence-corrected chi connectivity index (χ0v) is 13.6. The van der Waals surface area contributed by atoms with Crippen molar-refractivity contribution in [2.75, 3.05) is 22.9 Å². The van der Waals surface area contributed by atoms with Crippen molar-refractivity contribution in [1.82, 2.24) is 9.97 Å². The molecule has 0 bridgehead atoms. The summed E-state index contributed by atoms with van der Waals surface area (Å²) in [7, 11) is 0. The number of carboxylic acids is 1. The van der Waals surface area contributed by atoms with Gasteiger partial charge in [-0.15, -0.1) is 0 Å². The average molecular weight is 326 g/mol. The van der Waals surface area contributed by atoms with Crippen molar-refractivity contribution in [3.05, 3.63) is 47.3 Å². The first kappa shape index (κ1) is 15.9. The van der Waals surface area contributed by atoms with E-state index >= 15 is 0 Å². The Labute approximate surface area is 139 Å². The van der Waals surface area contributed by atoms with Gasteiger partial charge in [-0.05, 0) is 42.7 Å². The number of aromatic nitrogens is 2. The van der Waals surface area contributed by atoms with Crippen molar-refractivity contribution < 1.29 is 14.7 Å². The van der Waals surface area contributed by atoms with Gasteiger partial charge in [0.25, 0.3) is 0 Å². The Morgan fingerprint density at radius 2 is 2.00 bits per heavy atom. The second-order valence-electron chi connectivity index (χ2n) is 5.56. The number of rotatable bonds is 4. The van der Waals surface area contributed by atoms with Crippen LogP contribution >= 0.6 is 0 Å². The molecular weight excluding hydrogens is 308 g/mol. The highest BCUT2D eigenvalue weighted by atomic mass is 16.4. The molecule has 0 unspecified atom stereocenters. The van der Waals surface area contributed by atoms with Gasteiger partial charge >= 0.3 is 12.0 Å². The highest BCUT2D eigenvalue weighted by Gasteiger charge is 2.33. The predicted octanol–water partition coefficient (Wildman–Crippen LogP) is 2.49. The van der Waals surface area contributed by atoms with Gasteiger partial charge in [0.15, 0.2) is 5.69 Å². The van der Waals surface area contributed by atoms with Gasteiger partial charge in [-0.25, -0.2) is 19.6 Å². The van der Waals surface area contributed by atoms with Crippen molar-refractivity contribution in [3.8, 4) is 0 Å². The fourth-order valence-corrected chi connectivity index (χ4v) is 2.88. The minimum atomic E-state index is -1.12. The number of hydrogen-bond acceptors (Lipinski definition) is 4. The zero-order valence-electron chi connectivity index (χ0n) is 13.6. The number of aryl methyl sites for hydroxylation is 1. The zero-order chi connectivity index (χ0) is 17.3. The van der Waals surface area contributed by atoms with Crippen LogP contribution in [0.25, 0.3) is 0 Å². The molecule has 1 aliphatic rings. The molecule has 1 saturated heterocycles. The summed E-state index contributed by atoms with van der Waals surface area (Å²) in [5.74, 6) is -0.110. The lowest BCUT2D eigenvalue weighted by atomic mass is 10.1. The Kier molecular flexibility index (Phi) is 4.16. The minimum absolute atomic E-state index is 0.0818. The number of nitrogens with zero attached hydrogens (tertiary/aromatic N) is 4. The molecule has 1 fully saturated rings. The lowest BCUT2D eigenvalue weighted by Gasteiger charge is -2.20. The summed E-state index contributed by atoms with van der Waals surface area (Å²) in [6, 6.07) is 6.32.